The Morgan fingerprint density at radius 3 is 2.52 bits per heavy atom. The lowest BCUT2D eigenvalue weighted by molar-refractivity contribution is -0.130. The zero-order valence-electron chi connectivity index (χ0n) is 17.5. The summed E-state index contributed by atoms with van der Waals surface area (Å²) >= 11 is 1.75. The van der Waals surface area contributed by atoms with Gasteiger partial charge < -0.3 is 14.5 Å². The van der Waals surface area contributed by atoms with Gasteiger partial charge in [0.05, 0.1) is 23.7 Å². The lowest BCUT2D eigenvalue weighted by Gasteiger charge is -2.34. The number of hydrogen-bond donors (Lipinski definition) is 0. The molecule has 0 radical (unpaired) electrons. The van der Waals surface area contributed by atoms with Crippen LogP contribution in [-0.4, -0.2) is 49.1 Å². The molecule has 1 saturated heterocycles. The third-order valence-corrected chi connectivity index (χ3v) is 6.60. The summed E-state index contributed by atoms with van der Waals surface area (Å²) in [7, 11) is 1.67. The Bertz CT molecular complexity index is 1050. The fraction of sp³-hybridized carbons (Fsp3) is 0.391. The van der Waals surface area contributed by atoms with Gasteiger partial charge in [-0.25, -0.2) is 4.98 Å². The average Bonchev–Trinajstić information content (AvgIpc) is 3.12. The van der Waals surface area contributed by atoms with Crippen LogP contribution in [-0.2, 0) is 11.2 Å². The number of amides is 1. The molecule has 0 aliphatic carbocycles. The number of piperazine rings is 1. The molecule has 4 rings (SSSR count). The fourth-order valence-electron chi connectivity index (χ4n) is 3.98. The van der Waals surface area contributed by atoms with Crippen LogP contribution in [0.3, 0.4) is 0 Å². The number of benzene rings is 2. The quantitative estimate of drug-likeness (QED) is 0.650. The Morgan fingerprint density at radius 1 is 1.07 bits per heavy atom. The van der Waals surface area contributed by atoms with E-state index in [1.54, 1.807) is 18.4 Å². The predicted molar refractivity (Wildman–Crippen MR) is 119 cm³/mol. The Labute approximate surface area is 175 Å². The van der Waals surface area contributed by atoms with E-state index in [-0.39, 0.29) is 5.91 Å². The summed E-state index contributed by atoms with van der Waals surface area (Å²) in [5, 5.41) is 1.06. The van der Waals surface area contributed by atoms with E-state index in [0.29, 0.717) is 6.42 Å². The summed E-state index contributed by atoms with van der Waals surface area (Å²) in [5.41, 5.74) is 5.70. The number of anilines is 1. The smallest absolute Gasteiger partial charge is 0.227 e. The van der Waals surface area contributed by atoms with Crippen LogP contribution in [0.2, 0.25) is 0 Å². The first-order valence-electron chi connectivity index (χ1n) is 9.98. The van der Waals surface area contributed by atoms with Crippen molar-refractivity contribution in [2.45, 2.75) is 27.2 Å². The Morgan fingerprint density at radius 2 is 1.83 bits per heavy atom. The zero-order valence-corrected chi connectivity index (χ0v) is 18.3. The molecular formula is C23H27N3O2S. The highest BCUT2D eigenvalue weighted by molar-refractivity contribution is 7.22. The molecule has 0 bridgehead atoms. The maximum absolute atomic E-state index is 12.8. The zero-order chi connectivity index (χ0) is 20.5. The van der Waals surface area contributed by atoms with Gasteiger partial charge in [-0.1, -0.05) is 29.5 Å². The van der Waals surface area contributed by atoms with E-state index in [9.17, 15) is 4.79 Å². The minimum Gasteiger partial charge on any atom is -0.496 e. The number of carbonyl (C=O) groups is 1. The number of thiazole rings is 1. The maximum atomic E-state index is 12.8. The number of ether oxygens (including phenoxy) is 1. The monoisotopic (exact) mass is 409 g/mol. The molecule has 2 aromatic carbocycles. The molecule has 0 saturated carbocycles. The summed E-state index contributed by atoms with van der Waals surface area (Å²) in [5.74, 6) is 1.04. The topological polar surface area (TPSA) is 45.7 Å². The van der Waals surface area contributed by atoms with Crippen molar-refractivity contribution in [2.24, 2.45) is 0 Å². The molecule has 0 unspecified atom stereocenters. The summed E-state index contributed by atoms with van der Waals surface area (Å²) in [4.78, 5) is 21.9. The van der Waals surface area contributed by atoms with Gasteiger partial charge in [-0.05, 0) is 55.2 Å². The van der Waals surface area contributed by atoms with Gasteiger partial charge in [0.15, 0.2) is 5.13 Å². The van der Waals surface area contributed by atoms with Crippen LogP contribution in [0.1, 0.15) is 22.3 Å². The van der Waals surface area contributed by atoms with Crippen LogP contribution in [0.4, 0.5) is 5.13 Å². The maximum Gasteiger partial charge on any atom is 0.227 e. The van der Waals surface area contributed by atoms with Crippen molar-refractivity contribution in [2.75, 3.05) is 38.2 Å². The summed E-state index contributed by atoms with van der Waals surface area (Å²) in [6.07, 6.45) is 0.435. The van der Waals surface area contributed by atoms with E-state index in [0.717, 1.165) is 53.7 Å². The van der Waals surface area contributed by atoms with Crippen LogP contribution >= 0.6 is 11.3 Å². The summed E-state index contributed by atoms with van der Waals surface area (Å²) < 4.78 is 6.55. The van der Waals surface area contributed by atoms with Gasteiger partial charge in [0, 0.05) is 26.2 Å². The van der Waals surface area contributed by atoms with Crippen molar-refractivity contribution >= 4 is 32.6 Å². The molecule has 29 heavy (non-hydrogen) atoms. The molecule has 1 fully saturated rings. The van der Waals surface area contributed by atoms with Gasteiger partial charge in [-0.3, -0.25) is 4.79 Å². The first-order chi connectivity index (χ1) is 13.9. The van der Waals surface area contributed by atoms with E-state index in [2.05, 4.69) is 30.9 Å². The van der Waals surface area contributed by atoms with Crippen LogP contribution in [0.25, 0.3) is 10.2 Å². The molecule has 0 spiro atoms. The molecule has 1 aliphatic heterocycles. The van der Waals surface area contributed by atoms with Gasteiger partial charge in [-0.15, -0.1) is 0 Å². The van der Waals surface area contributed by atoms with Crippen molar-refractivity contribution in [3.05, 3.63) is 52.6 Å². The average molecular weight is 410 g/mol. The Hall–Kier alpha value is -2.60. The van der Waals surface area contributed by atoms with E-state index in [1.165, 1.54) is 15.8 Å². The number of hydrogen-bond acceptors (Lipinski definition) is 5. The molecule has 152 valence electrons. The number of methoxy groups -OCH3 is 1. The molecule has 6 heteroatoms. The van der Waals surface area contributed by atoms with Gasteiger partial charge in [0.1, 0.15) is 5.75 Å². The van der Waals surface area contributed by atoms with E-state index < -0.39 is 0 Å². The third-order valence-electron chi connectivity index (χ3n) is 5.54. The number of rotatable bonds is 4. The first kappa shape index (κ1) is 19.7. The molecule has 1 aromatic heterocycles. The van der Waals surface area contributed by atoms with E-state index >= 15 is 0 Å². The summed E-state index contributed by atoms with van der Waals surface area (Å²) in [6, 6.07) is 10.3. The summed E-state index contributed by atoms with van der Waals surface area (Å²) in [6.45, 7) is 9.38. The van der Waals surface area contributed by atoms with Gasteiger partial charge in [-0.2, -0.15) is 0 Å². The number of carbonyl (C=O) groups excluding carboxylic acids is 1. The second kappa shape index (κ2) is 8.03. The van der Waals surface area contributed by atoms with Crippen LogP contribution < -0.4 is 9.64 Å². The molecule has 1 aliphatic rings. The molecule has 0 atom stereocenters. The largest absolute Gasteiger partial charge is 0.496 e. The molecule has 0 N–H and O–H groups in total. The predicted octanol–water partition coefficient (Wildman–Crippen LogP) is 4.12. The van der Waals surface area contributed by atoms with Crippen LogP contribution in [0.5, 0.6) is 5.75 Å². The van der Waals surface area contributed by atoms with E-state index in [4.69, 9.17) is 9.72 Å². The Balaban J connectivity index is 1.39. The first-order valence-corrected chi connectivity index (χ1v) is 10.8. The van der Waals surface area contributed by atoms with Gasteiger partial charge in [0.25, 0.3) is 0 Å². The minimum absolute atomic E-state index is 0.185. The third kappa shape index (κ3) is 4.08. The second-order valence-corrected chi connectivity index (χ2v) is 8.78. The lowest BCUT2D eigenvalue weighted by Crippen LogP contribution is -2.49. The van der Waals surface area contributed by atoms with Crippen molar-refractivity contribution in [3.8, 4) is 5.75 Å². The highest BCUT2D eigenvalue weighted by Gasteiger charge is 2.23. The SMILES string of the molecule is COc1ccc(CC(=O)N2CCN(c3nc4c(C)cc(C)cc4s3)CC2)cc1C. The van der Waals surface area contributed by atoms with Gasteiger partial charge in [0.2, 0.25) is 5.91 Å². The fourth-order valence-corrected chi connectivity index (χ4v) is 5.17. The van der Waals surface area contributed by atoms with Crippen molar-refractivity contribution in [1.82, 2.24) is 9.88 Å². The van der Waals surface area contributed by atoms with Crippen LogP contribution in [0, 0.1) is 20.8 Å². The number of aromatic nitrogens is 1. The van der Waals surface area contributed by atoms with Crippen molar-refractivity contribution in [1.29, 1.82) is 0 Å². The number of nitrogens with zero attached hydrogens (tertiary/aromatic N) is 3. The highest BCUT2D eigenvalue weighted by Crippen LogP contribution is 2.32. The lowest BCUT2D eigenvalue weighted by atomic mass is 10.1. The highest BCUT2D eigenvalue weighted by atomic mass is 32.1. The number of aryl methyl sites for hydroxylation is 3. The minimum atomic E-state index is 0.185. The normalized spacial score (nSPS) is 14.5. The van der Waals surface area contributed by atoms with Crippen molar-refractivity contribution < 1.29 is 9.53 Å². The molecule has 2 heterocycles. The number of fused-ring (bicyclic) bond motifs is 1. The van der Waals surface area contributed by atoms with E-state index in [1.807, 2.05) is 30.0 Å². The molecular weight excluding hydrogens is 382 g/mol. The molecule has 3 aromatic rings. The van der Waals surface area contributed by atoms with Gasteiger partial charge >= 0.3 is 0 Å². The van der Waals surface area contributed by atoms with Crippen LogP contribution in [0.15, 0.2) is 30.3 Å². The Kier molecular flexibility index (Phi) is 5.46. The second-order valence-electron chi connectivity index (χ2n) is 7.77. The standard InChI is InChI=1S/C23H27N3O2S/c1-15-11-17(3)22-20(12-15)29-23(24-22)26-9-7-25(8-10-26)21(27)14-18-5-6-19(28-4)16(2)13-18/h5-6,11-13H,7-10,14H2,1-4H3. The van der Waals surface area contributed by atoms with Crippen molar-refractivity contribution in [3.63, 3.8) is 0 Å². The molecule has 5 nitrogen and oxygen atoms in total. The molecule has 1 amide bonds.